The number of carbonyl (C=O) groups is 4. The van der Waals surface area contributed by atoms with Crippen molar-refractivity contribution in [1.82, 2.24) is 4.98 Å². The normalized spacial score (nSPS) is 10.6. The topological polar surface area (TPSA) is 137 Å². The van der Waals surface area contributed by atoms with Crippen molar-refractivity contribution in [2.24, 2.45) is 0 Å². The second-order valence-electron chi connectivity index (χ2n) is 17.5. The van der Waals surface area contributed by atoms with Crippen LogP contribution in [0.3, 0.4) is 0 Å². The number of hydrogen-bond acceptors (Lipinski definition) is 11. The second kappa shape index (κ2) is 30.1. The van der Waals surface area contributed by atoms with Gasteiger partial charge in [-0.15, -0.1) is 0 Å². The molecule has 0 N–H and O–H groups in total. The minimum absolute atomic E-state index is 0.154. The van der Waals surface area contributed by atoms with E-state index in [4.69, 9.17) is 33.4 Å². The average molecular weight is 984 g/mol. The van der Waals surface area contributed by atoms with E-state index >= 15 is 0 Å². The Hall–Kier alpha value is -7.89. The van der Waals surface area contributed by atoms with Crippen molar-refractivity contribution >= 4 is 45.6 Å². The van der Waals surface area contributed by atoms with Crippen LogP contribution in [-0.4, -0.2) is 61.9 Å². The van der Waals surface area contributed by atoms with Gasteiger partial charge < -0.3 is 28.4 Å². The van der Waals surface area contributed by atoms with Crippen LogP contribution in [0.1, 0.15) is 147 Å². The van der Waals surface area contributed by atoms with Gasteiger partial charge in [0.2, 0.25) is 5.88 Å². The Morgan fingerprint density at radius 1 is 0.479 bits per heavy atom. The number of fused-ring (bicyclic) bond motifs is 3. The van der Waals surface area contributed by atoms with E-state index in [-0.39, 0.29) is 11.9 Å². The van der Waals surface area contributed by atoms with Crippen LogP contribution in [-0.2, 0) is 28.5 Å². The molecule has 0 atom stereocenters. The van der Waals surface area contributed by atoms with Gasteiger partial charge >= 0.3 is 23.9 Å². The molecule has 0 fully saturated rings. The molecule has 378 valence electrons. The summed E-state index contributed by atoms with van der Waals surface area (Å²) in [6.07, 6.45) is 13.4. The highest BCUT2D eigenvalue weighted by Gasteiger charge is 2.14. The summed E-state index contributed by atoms with van der Waals surface area (Å²) in [4.78, 5) is 53.1. The fraction of sp³-hybridized carbons (Fsp3) is 0.339. The maximum Gasteiger partial charge on any atom is 0.338 e. The summed E-state index contributed by atoms with van der Waals surface area (Å²) in [5.41, 5.74) is 4.60. The first-order valence-electron chi connectivity index (χ1n) is 25.5. The third-order valence-corrected chi connectivity index (χ3v) is 11.7. The molecule has 0 amide bonds. The number of hydrogen-bond donors (Lipinski definition) is 0. The predicted molar refractivity (Wildman–Crippen MR) is 285 cm³/mol. The average Bonchev–Trinajstić information content (AvgIpc) is 3.41. The van der Waals surface area contributed by atoms with Gasteiger partial charge in [-0.3, -0.25) is 4.79 Å². The largest absolute Gasteiger partial charge is 0.494 e. The molecule has 0 unspecified atom stereocenters. The van der Waals surface area contributed by atoms with E-state index in [0.717, 1.165) is 121 Å². The molecule has 6 aromatic rings. The Bertz CT molecular complexity index is 2900. The van der Waals surface area contributed by atoms with Gasteiger partial charge in [0.15, 0.2) is 0 Å². The highest BCUT2D eigenvalue weighted by Crippen LogP contribution is 2.35. The summed E-state index contributed by atoms with van der Waals surface area (Å²) in [5, 5.41) is 2.64. The highest BCUT2D eigenvalue weighted by atomic mass is 16.5. The van der Waals surface area contributed by atoms with Crippen molar-refractivity contribution in [1.29, 1.82) is 0 Å². The van der Waals surface area contributed by atoms with Crippen LogP contribution in [0.2, 0.25) is 0 Å². The van der Waals surface area contributed by atoms with Gasteiger partial charge in [0.25, 0.3) is 0 Å². The SMILES string of the molecule is C=CC(=O)OCCCCCCOC(=O)c1ccc(C#Cc2ccc3c(c2)nc(Oc2ccc(OCCCCCC)cc2)c2cc(C#Cc4ccc(C(=O)OCCCCCCOC(=O)CCC)cc4)ccc23)cc1. The van der Waals surface area contributed by atoms with Crippen molar-refractivity contribution in [3.05, 3.63) is 155 Å². The summed E-state index contributed by atoms with van der Waals surface area (Å²) in [6.45, 7) is 9.59. The number of esters is 4. The number of aromatic nitrogens is 1. The van der Waals surface area contributed by atoms with Gasteiger partial charge in [-0.05, 0) is 167 Å². The quantitative estimate of drug-likeness (QED) is 0.0122. The lowest BCUT2D eigenvalue weighted by Crippen LogP contribution is -2.07. The van der Waals surface area contributed by atoms with Crippen LogP contribution in [0.5, 0.6) is 17.4 Å². The molecule has 5 aromatic carbocycles. The first-order valence-corrected chi connectivity index (χ1v) is 25.5. The van der Waals surface area contributed by atoms with E-state index in [2.05, 4.69) is 37.2 Å². The Morgan fingerprint density at radius 2 is 0.959 bits per heavy atom. The van der Waals surface area contributed by atoms with E-state index in [1.807, 2.05) is 67.6 Å². The van der Waals surface area contributed by atoms with Crippen molar-refractivity contribution in [3.8, 4) is 41.1 Å². The molecule has 0 aliphatic rings. The first-order chi connectivity index (χ1) is 35.7. The lowest BCUT2D eigenvalue weighted by molar-refractivity contribution is -0.143. The maximum atomic E-state index is 12.7. The van der Waals surface area contributed by atoms with E-state index in [1.54, 1.807) is 48.5 Å². The summed E-state index contributed by atoms with van der Waals surface area (Å²) < 4.78 is 33.6. The number of carbonyl (C=O) groups excluding carboxylic acids is 4. The van der Waals surface area contributed by atoms with Crippen LogP contribution < -0.4 is 9.47 Å². The predicted octanol–water partition coefficient (Wildman–Crippen LogP) is 13.4. The minimum Gasteiger partial charge on any atom is -0.494 e. The molecule has 73 heavy (non-hydrogen) atoms. The molecule has 0 radical (unpaired) electrons. The van der Waals surface area contributed by atoms with Crippen molar-refractivity contribution in [2.45, 2.75) is 104 Å². The second-order valence-corrected chi connectivity index (χ2v) is 17.5. The Labute approximate surface area is 429 Å². The van der Waals surface area contributed by atoms with E-state index in [9.17, 15) is 19.2 Å². The molecular weight excluding hydrogens is 919 g/mol. The van der Waals surface area contributed by atoms with Gasteiger partial charge in [0.1, 0.15) is 11.5 Å². The number of unbranched alkanes of at least 4 members (excludes halogenated alkanes) is 9. The molecule has 11 nitrogen and oxygen atoms in total. The molecule has 0 saturated heterocycles. The van der Waals surface area contributed by atoms with Gasteiger partial charge in [0.05, 0.1) is 49.7 Å². The maximum absolute atomic E-state index is 12.7. The van der Waals surface area contributed by atoms with E-state index < -0.39 is 11.9 Å². The number of benzene rings is 5. The number of rotatable bonds is 27. The van der Waals surface area contributed by atoms with Crippen molar-refractivity contribution in [3.63, 3.8) is 0 Å². The Balaban J connectivity index is 1.11. The zero-order valence-corrected chi connectivity index (χ0v) is 42.1. The van der Waals surface area contributed by atoms with Gasteiger partial charge in [-0.2, -0.15) is 0 Å². The van der Waals surface area contributed by atoms with E-state index in [0.29, 0.717) is 67.7 Å². The lowest BCUT2D eigenvalue weighted by atomic mass is 10.0. The molecule has 0 bridgehead atoms. The van der Waals surface area contributed by atoms with Gasteiger partial charge in [-0.25, -0.2) is 19.4 Å². The Kier molecular flexibility index (Phi) is 22.4. The molecule has 1 aromatic heterocycles. The van der Waals surface area contributed by atoms with Gasteiger partial charge in [0, 0.05) is 45.5 Å². The molecule has 11 heteroatoms. The minimum atomic E-state index is -0.423. The highest BCUT2D eigenvalue weighted by molar-refractivity contribution is 6.08. The van der Waals surface area contributed by atoms with Crippen LogP contribution >= 0.6 is 0 Å². The fourth-order valence-corrected chi connectivity index (χ4v) is 7.62. The molecule has 0 spiro atoms. The smallest absolute Gasteiger partial charge is 0.338 e. The van der Waals surface area contributed by atoms with Gasteiger partial charge in [-0.1, -0.05) is 75.5 Å². The first kappa shape index (κ1) is 54.4. The van der Waals surface area contributed by atoms with E-state index in [1.165, 1.54) is 12.8 Å². The molecule has 0 aliphatic heterocycles. The van der Waals surface area contributed by atoms with Crippen LogP contribution in [0.4, 0.5) is 0 Å². The standard InChI is InChI=1S/C62H65NO10/c1-4-7-8-13-39-68-52-33-35-53(36-34-52)73-60-56-44-48(21-19-46-23-29-50(30-24-46)61(66)72-43-17-12-10-15-41-70-59(65)18-5-2)27-37-54(56)55-38-28-49(45-57(55)63-60)22-20-47-25-31-51(32-26-47)62(67)71-42-16-11-9-14-40-69-58(64)6-3/h6,23-38,44-45H,3-5,7-18,39-43H2,1-2H3. The Morgan fingerprint density at radius 3 is 1.52 bits per heavy atom. The molecule has 6 rings (SSSR count). The number of nitrogens with zero attached hydrogens (tertiary/aromatic N) is 1. The zero-order chi connectivity index (χ0) is 51.5. The summed E-state index contributed by atoms with van der Waals surface area (Å²) in [7, 11) is 0. The summed E-state index contributed by atoms with van der Waals surface area (Å²) >= 11 is 0. The van der Waals surface area contributed by atoms with Crippen LogP contribution in [0, 0.1) is 23.7 Å². The monoisotopic (exact) mass is 983 g/mol. The molecule has 0 aliphatic carbocycles. The molecule has 1 heterocycles. The fourth-order valence-electron chi connectivity index (χ4n) is 7.62. The number of ether oxygens (including phenoxy) is 6. The summed E-state index contributed by atoms with van der Waals surface area (Å²) in [6, 6.07) is 33.5. The van der Waals surface area contributed by atoms with Crippen LogP contribution in [0.25, 0.3) is 21.7 Å². The molecular formula is C62H65NO10. The zero-order valence-electron chi connectivity index (χ0n) is 42.1. The third kappa shape index (κ3) is 18.3. The summed E-state index contributed by atoms with van der Waals surface area (Å²) in [5.74, 6) is 13.4. The third-order valence-electron chi connectivity index (χ3n) is 11.7. The van der Waals surface area contributed by atoms with Crippen molar-refractivity contribution < 1.29 is 47.6 Å². The van der Waals surface area contributed by atoms with Crippen molar-refractivity contribution in [2.75, 3.05) is 33.0 Å². The lowest BCUT2D eigenvalue weighted by Gasteiger charge is -2.12. The van der Waals surface area contributed by atoms with Crippen LogP contribution in [0.15, 0.2) is 122 Å². The molecule has 0 saturated carbocycles. The number of pyridine rings is 1.